The summed E-state index contributed by atoms with van der Waals surface area (Å²) in [5.41, 5.74) is -1.25. The number of hydrogen-bond donors (Lipinski definition) is 2. The predicted octanol–water partition coefficient (Wildman–Crippen LogP) is 0.640. The van der Waals surface area contributed by atoms with Crippen molar-refractivity contribution in [3.05, 3.63) is 23.7 Å². The summed E-state index contributed by atoms with van der Waals surface area (Å²) < 4.78 is 5.06. The summed E-state index contributed by atoms with van der Waals surface area (Å²) in [4.78, 5) is 24.4. The maximum absolute atomic E-state index is 12.0. The van der Waals surface area contributed by atoms with Gasteiger partial charge in [0.1, 0.15) is 12.0 Å². The van der Waals surface area contributed by atoms with Gasteiger partial charge in [0.15, 0.2) is 5.60 Å². The lowest BCUT2D eigenvalue weighted by molar-refractivity contribution is -0.162. The van der Waals surface area contributed by atoms with Gasteiger partial charge in [0.25, 0.3) is 5.91 Å². The summed E-state index contributed by atoms with van der Waals surface area (Å²) in [6, 6.07) is 1.64. The van der Waals surface area contributed by atoms with E-state index in [1.807, 2.05) is 0 Å². The summed E-state index contributed by atoms with van der Waals surface area (Å²) in [5.74, 6) is -0.773. The molecule has 2 N–H and O–H groups in total. The van der Waals surface area contributed by atoms with Gasteiger partial charge in [0, 0.05) is 25.9 Å². The van der Waals surface area contributed by atoms with Gasteiger partial charge in [0.2, 0.25) is 0 Å². The Labute approximate surface area is 104 Å². The molecular formula is C12H15NO5. The van der Waals surface area contributed by atoms with E-state index in [4.69, 9.17) is 9.52 Å². The second kappa shape index (κ2) is 4.45. The first-order valence-electron chi connectivity index (χ1n) is 5.72. The zero-order valence-corrected chi connectivity index (χ0v) is 10.0. The molecular weight excluding hydrogens is 238 g/mol. The highest BCUT2D eigenvalue weighted by Gasteiger charge is 2.40. The highest BCUT2D eigenvalue weighted by Crippen LogP contribution is 2.23. The van der Waals surface area contributed by atoms with Gasteiger partial charge in [-0.25, -0.2) is 4.79 Å². The van der Waals surface area contributed by atoms with Crippen LogP contribution in [0, 0.1) is 6.92 Å². The smallest absolute Gasteiger partial charge is 0.335 e. The SMILES string of the molecule is Cc1cc(C(=O)N2CCC(O)(C(=O)O)CC2)co1. The Morgan fingerprint density at radius 3 is 2.44 bits per heavy atom. The van der Waals surface area contributed by atoms with Crippen LogP contribution in [0.2, 0.25) is 0 Å². The third-order valence-electron chi connectivity index (χ3n) is 3.25. The van der Waals surface area contributed by atoms with E-state index in [0.717, 1.165) is 0 Å². The first kappa shape index (κ1) is 12.6. The number of rotatable bonds is 2. The van der Waals surface area contributed by atoms with Gasteiger partial charge >= 0.3 is 5.97 Å². The van der Waals surface area contributed by atoms with Crippen LogP contribution in [0.25, 0.3) is 0 Å². The zero-order chi connectivity index (χ0) is 13.3. The van der Waals surface area contributed by atoms with E-state index in [2.05, 4.69) is 0 Å². The van der Waals surface area contributed by atoms with Gasteiger partial charge in [-0.1, -0.05) is 0 Å². The third-order valence-corrected chi connectivity index (χ3v) is 3.25. The largest absolute Gasteiger partial charge is 0.479 e. The number of hydrogen-bond acceptors (Lipinski definition) is 4. The number of carbonyl (C=O) groups is 2. The quantitative estimate of drug-likeness (QED) is 0.807. The van der Waals surface area contributed by atoms with E-state index in [9.17, 15) is 14.7 Å². The molecule has 1 aromatic heterocycles. The van der Waals surface area contributed by atoms with Crippen LogP contribution in [-0.4, -0.2) is 45.7 Å². The Balaban J connectivity index is 2.02. The fourth-order valence-electron chi connectivity index (χ4n) is 2.03. The number of amides is 1. The zero-order valence-electron chi connectivity index (χ0n) is 10.0. The second-order valence-electron chi connectivity index (χ2n) is 4.57. The average Bonchev–Trinajstić information content (AvgIpc) is 2.76. The molecule has 6 heteroatoms. The van der Waals surface area contributed by atoms with Crippen LogP contribution in [0.15, 0.2) is 16.7 Å². The molecule has 2 rings (SSSR count). The van der Waals surface area contributed by atoms with E-state index in [1.165, 1.54) is 11.2 Å². The van der Waals surface area contributed by atoms with Gasteiger partial charge in [-0.05, 0) is 13.0 Å². The lowest BCUT2D eigenvalue weighted by atomic mass is 9.91. The molecule has 18 heavy (non-hydrogen) atoms. The molecule has 0 aliphatic carbocycles. The lowest BCUT2D eigenvalue weighted by Crippen LogP contribution is -2.50. The van der Waals surface area contributed by atoms with Crippen molar-refractivity contribution >= 4 is 11.9 Å². The average molecular weight is 253 g/mol. The fourth-order valence-corrected chi connectivity index (χ4v) is 2.03. The number of carbonyl (C=O) groups excluding carboxylic acids is 1. The molecule has 0 radical (unpaired) electrons. The monoisotopic (exact) mass is 253 g/mol. The first-order valence-corrected chi connectivity index (χ1v) is 5.72. The van der Waals surface area contributed by atoms with Gasteiger partial charge in [0.05, 0.1) is 5.56 Å². The molecule has 1 amide bonds. The van der Waals surface area contributed by atoms with Crippen molar-refractivity contribution in [1.82, 2.24) is 4.90 Å². The highest BCUT2D eigenvalue weighted by molar-refractivity contribution is 5.94. The van der Waals surface area contributed by atoms with Crippen molar-refractivity contribution in [2.45, 2.75) is 25.4 Å². The van der Waals surface area contributed by atoms with E-state index in [-0.39, 0.29) is 31.8 Å². The molecule has 1 fully saturated rings. The lowest BCUT2D eigenvalue weighted by Gasteiger charge is -2.35. The Bertz CT molecular complexity index is 471. The van der Waals surface area contributed by atoms with E-state index >= 15 is 0 Å². The van der Waals surface area contributed by atoms with Crippen LogP contribution < -0.4 is 0 Å². The molecule has 0 spiro atoms. The molecule has 1 aliphatic heterocycles. The molecule has 98 valence electrons. The Hall–Kier alpha value is -1.82. The van der Waals surface area contributed by atoms with Crippen LogP contribution in [-0.2, 0) is 4.79 Å². The van der Waals surface area contributed by atoms with E-state index < -0.39 is 11.6 Å². The molecule has 0 saturated carbocycles. The molecule has 6 nitrogen and oxygen atoms in total. The fraction of sp³-hybridized carbons (Fsp3) is 0.500. The van der Waals surface area contributed by atoms with Gasteiger partial charge in [-0.3, -0.25) is 4.79 Å². The third kappa shape index (κ3) is 2.24. The number of carboxylic acid groups (broad SMARTS) is 1. The van der Waals surface area contributed by atoms with Crippen LogP contribution in [0.4, 0.5) is 0 Å². The Kier molecular flexibility index (Phi) is 3.13. The minimum atomic E-state index is -1.71. The van der Waals surface area contributed by atoms with E-state index in [0.29, 0.717) is 11.3 Å². The molecule has 0 atom stereocenters. The number of piperidine rings is 1. The number of furan rings is 1. The molecule has 0 aromatic carbocycles. The van der Waals surface area contributed by atoms with Crippen LogP contribution >= 0.6 is 0 Å². The second-order valence-corrected chi connectivity index (χ2v) is 4.57. The van der Waals surface area contributed by atoms with E-state index in [1.54, 1.807) is 13.0 Å². The highest BCUT2D eigenvalue weighted by atomic mass is 16.4. The molecule has 0 unspecified atom stereocenters. The van der Waals surface area contributed by atoms with Gasteiger partial charge in [-0.2, -0.15) is 0 Å². The molecule has 1 saturated heterocycles. The number of carboxylic acids is 1. The van der Waals surface area contributed by atoms with Crippen molar-refractivity contribution < 1.29 is 24.2 Å². The van der Waals surface area contributed by atoms with Gasteiger partial charge in [-0.15, -0.1) is 0 Å². The summed E-state index contributed by atoms with van der Waals surface area (Å²) >= 11 is 0. The summed E-state index contributed by atoms with van der Waals surface area (Å²) in [7, 11) is 0. The molecule has 0 bridgehead atoms. The molecule has 2 heterocycles. The number of aliphatic carboxylic acids is 1. The van der Waals surface area contributed by atoms with Crippen molar-refractivity contribution in [2.24, 2.45) is 0 Å². The number of aliphatic hydroxyl groups is 1. The maximum atomic E-state index is 12.0. The van der Waals surface area contributed by atoms with Crippen molar-refractivity contribution in [2.75, 3.05) is 13.1 Å². The molecule has 1 aromatic rings. The number of likely N-dealkylation sites (tertiary alicyclic amines) is 1. The van der Waals surface area contributed by atoms with Crippen molar-refractivity contribution in [3.8, 4) is 0 Å². The standard InChI is InChI=1S/C12H15NO5/c1-8-6-9(7-18-8)10(14)13-4-2-12(17,3-5-13)11(15)16/h6-7,17H,2-5H2,1H3,(H,15,16). The Morgan fingerprint density at radius 1 is 1.39 bits per heavy atom. The Morgan fingerprint density at radius 2 is 2.00 bits per heavy atom. The van der Waals surface area contributed by atoms with Crippen molar-refractivity contribution in [3.63, 3.8) is 0 Å². The summed E-state index contributed by atoms with van der Waals surface area (Å²) in [6.45, 7) is 2.20. The summed E-state index contributed by atoms with van der Waals surface area (Å²) in [6.07, 6.45) is 1.48. The normalized spacial score (nSPS) is 18.7. The first-order chi connectivity index (χ1) is 8.42. The number of nitrogens with zero attached hydrogens (tertiary/aromatic N) is 1. The van der Waals surface area contributed by atoms with Crippen molar-refractivity contribution in [1.29, 1.82) is 0 Å². The summed E-state index contributed by atoms with van der Waals surface area (Å²) in [5, 5.41) is 18.6. The van der Waals surface area contributed by atoms with Crippen LogP contribution in [0.1, 0.15) is 29.0 Å². The number of aryl methyl sites for hydroxylation is 1. The van der Waals surface area contributed by atoms with Crippen LogP contribution in [0.5, 0.6) is 0 Å². The molecule has 1 aliphatic rings. The topological polar surface area (TPSA) is 91.0 Å². The maximum Gasteiger partial charge on any atom is 0.335 e. The van der Waals surface area contributed by atoms with Gasteiger partial charge < -0.3 is 19.5 Å². The minimum absolute atomic E-state index is 0.0465. The minimum Gasteiger partial charge on any atom is -0.479 e. The predicted molar refractivity (Wildman–Crippen MR) is 61.2 cm³/mol. The van der Waals surface area contributed by atoms with Crippen LogP contribution in [0.3, 0.4) is 0 Å².